The molecule has 5 rings (SSSR count). The number of nitriles is 1. The van der Waals surface area contributed by atoms with Crippen molar-refractivity contribution < 1.29 is 4.79 Å². The third-order valence-electron chi connectivity index (χ3n) is 6.92. The van der Waals surface area contributed by atoms with Gasteiger partial charge >= 0.3 is 0 Å². The van der Waals surface area contributed by atoms with Crippen molar-refractivity contribution in [3.05, 3.63) is 30.2 Å². The molecule has 4 heterocycles. The van der Waals surface area contributed by atoms with Gasteiger partial charge in [0.1, 0.15) is 5.65 Å². The highest BCUT2D eigenvalue weighted by molar-refractivity contribution is 5.94. The molecule has 1 saturated carbocycles. The molecule has 0 bridgehead atoms. The fraction of sp³-hybridized carbons (Fsp3) is 0.500. The zero-order valence-corrected chi connectivity index (χ0v) is 18.9. The molecule has 1 N–H and O–H groups in total. The summed E-state index contributed by atoms with van der Waals surface area (Å²) < 4.78 is 1.89. The Kier molecular flexibility index (Phi) is 6.45. The number of aromatic amines is 1. The predicted octanol–water partition coefficient (Wildman–Crippen LogP) is 3.64. The highest BCUT2D eigenvalue weighted by Gasteiger charge is 2.29. The number of anilines is 1. The van der Waals surface area contributed by atoms with Crippen molar-refractivity contribution in [2.75, 3.05) is 31.1 Å². The van der Waals surface area contributed by atoms with E-state index in [2.05, 4.69) is 50.5 Å². The lowest BCUT2D eigenvalue weighted by Gasteiger charge is -2.38. The number of carbonyl (C=O) groups is 1. The fourth-order valence-corrected chi connectivity index (χ4v) is 4.97. The van der Waals surface area contributed by atoms with E-state index in [9.17, 15) is 4.79 Å². The minimum atomic E-state index is 0.257. The Morgan fingerprint density at radius 3 is 2.53 bits per heavy atom. The zero-order chi connectivity index (χ0) is 22.7. The summed E-state index contributed by atoms with van der Waals surface area (Å²) in [6.45, 7) is 8.91. The summed E-state index contributed by atoms with van der Waals surface area (Å²) in [6, 6.07) is 4.27. The first-order chi connectivity index (χ1) is 15.6. The van der Waals surface area contributed by atoms with Crippen LogP contribution >= 0.6 is 0 Å². The quantitative estimate of drug-likeness (QED) is 0.681. The molecule has 0 atom stereocenters. The van der Waals surface area contributed by atoms with Gasteiger partial charge in [-0.2, -0.15) is 5.10 Å². The van der Waals surface area contributed by atoms with Crippen LogP contribution in [0.2, 0.25) is 0 Å². The molecule has 1 aliphatic heterocycles. The number of carbonyl (C=O) groups excluding carboxylic acids is 1. The maximum atomic E-state index is 12.9. The van der Waals surface area contributed by atoms with Crippen LogP contribution in [-0.2, 0) is 11.8 Å². The lowest BCUT2D eigenvalue weighted by molar-refractivity contribution is -0.136. The number of hydrogen-bond acceptors (Lipinski definition) is 5. The second kappa shape index (κ2) is 9.43. The molecule has 8 nitrogen and oxygen atoms in total. The Bertz CT molecular complexity index is 1100. The molecule has 0 aromatic carbocycles. The molecule has 8 heteroatoms. The summed E-state index contributed by atoms with van der Waals surface area (Å²) in [5, 5.41) is 12.0. The summed E-state index contributed by atoms with van der Waals surface area (Å²) in [7, 11) is 1.96. The van der Waals surface area contributed by atoms with Gasteiger partial charge in [-0.3, -0.25) is 9.48 Å². The molecular formula is C24H31N7O. The number of hydrogen-bond donors (Lipinski definition) is 1. The van der Waals surface area contributed by atoms with E-state index in [1.54, 1.807) is 0 Å². The van der Waals surface area contributed by atoms with Gasteiger partial charge in [-0.15, -0.1) is 0 Å². The number of pyridine rings is 1. The number of nitrogens with zero attached hydrogens (tertiary/aromatic N) is 6. The molecule has 1 saturated heterocycles. The SMILES string of the molecule is C#N.Cc1c(-c2cc3c(N4CCN(C(=O)C5CCCCC5)CC4)ccnc3[nH]2)cnn1C. The smallest absolute Gasteiger partial charge is 0.225 e. The Hall–Kier alpha value is -3.34. The molecule has 0 unspecified atom stereocenters. The van der Waals surface area contributed by atoms with Crippen LogP contribution in [0.25, 0.3) is 22.3 Å². The van der Waals surface area contributed by atoms with Crippen molar-refractivity contribution in [2.45, 2.75) is 39.0 Å². The number of aryl methyl sites for hydroxylation is 1. The molecule has 2 aliphatic rings. The summed E-state index contributed by atoms with van der Waals surface area (Å²) in [5.74, 6) is 0.637. The summed E-state index contributed by atoms with van der Waals surface area (Å²) >= 11 is 0. The Morgan fingerprint density at radius 1 is 1.16 bits per heavy atom. The Morgan fingerprint density at radius 2 is 1.88 bits per heavy atom. The van der Waals surface area contributed by atoms with Crippen LogP contribution in [0, 0.1) is 24.7 Å². The third-order valence-corrected chi connectivity index (χ3v) is 6.92. The number of piperazine rings is 1. The average Bonchev–Trinajstić information content (AvgIpc) is 3.43. The zero-order valence-electron chi connectivity index (χ0n) is 18.9. The largest absolute Gasteiger partial charge is 0.367 e. The molecule has 0 spiro atoms. The van der Waals surface area contributed by atoms with Crippen molar-refractivity contribution in [2.24, 2.45) is 13.0 Å². The molecule has 1 aliphatic carbocycles. The van der Waals surface area contributed by atoms with Crippen LogP contribution in [0.3, 0.4) is 0 Å². The standard InChI is InChI=1S/C23H30N6O.CHN/c1-16-19(15-25-27(16)2)20-14-18-21(8-9-24-22(18)26-20)28-10-12-29(13-11-28)23(30)17-6-4-3-5-7-17;1-2/h8-9,14-15,17H,3-7,10-13H2,1-2H3,(H,24,26);1H. The van der Waals surface area contributed by atoms with E-state index < -0.39 is 0 Å². The maximum absolute atomic E-state index is 12.9. The molecule has 3 aromatic heterocycles. The van der Waals surface area contributed by atoms with Gasteiger partial charge in [0.25, 0.3) is 0 Å². The van der Waals surface area contributed by atoms with Gasteiger partial charge in [0.2, 0.25) is 5.91 Å². The topological polar surface area (TPSA) is 93.8 Å². The normalized spacial score (nSPS) is 17.2. The van der Waals surface area contributed by atoms with Crippen LogP contribution in [0.4, 0.5) is 5.69 Å². The van der Waals surface area contributed by atoms with Gasteiger partial charge in [-0.25, -0.2) is 10.2 Å². The van der Waals surface area contributed by atoms with Crippen LogP contribution < -0.4 is 4.90 Å². The van der Waals surface area contributed by atoms with Gasteiger partial charge in [-0.1, -0.05) is 19.3 Å². The number of H-pyrrole nitrogens is 1. The summed E-state index contributed by atoms with van der Waals surface area (Å²) in [4.78, 5) is 25.4. The van der Waals surface area contributed by atoms with Crippen molar-refractivity contribution in [1.82, 2.24) is 24.6 Å². The van der Waals surface area contributed by atoms with Crippen LogP contribution in [0.15, 0.2) is 24.5 Å². The molecule has 0 radical (unpaired) electrons. The second-order valence-corrected chi connectivity index (χ2v) is 8.69. The maximum Gasteiger partial charge on any atom is 0.225 e. The van der Waals surface area contributed by atoms with Crippen LogP contribution in [0.1, 0.15) is 37.8 Å². The average molecular weight is 434 g/mol. The van der Waals surface area contributed by atoms with E-state index in [0.29, 0.717) is 5.91 Å². The second-order valence-electron chi connectivity index (χ2n) is 8.69. The molecular weight excluding hydrogens is 402 g/mol. The van der Waals surface area contributed by atoms with Crippen LogP contribution in [-0.4, -0.2) is 56.7 Å². The number of fused-ring (bicyclic) bond motifs is 1. The lowest BCUT2D eigenvalue weighted by atomic mass is 9.88. The van der Waals surface area contributed by atoms with E-state index in [-0.39, 0.29) is 5.92 Å². The minimum Gasteiger partial charge on any atom is -0.367 e. The predicted molar refractivity (Wildman–Crippen MR) is 125 cm³/mol. The minimum absolute atomic E-state index is 0.257. The van der Waals surface area contributed by atoms with Crippen molar-refractivity contribution in [3.8, 4) is 17.8 Å². The first-order valence-corrected chi connectivity index (χ1v) is 11.4. The lowest BCUT2D eigenvalue weighted by Crippen LogP contribution is -2.50. The van der Waals surface area contributed by atoms with Crippen molar-refractivity contribution >= 4 is 22.6 Å². The van der Waals surface area contributed by atoms with E-state index in [4.69, 9.17) is 5.26 Å². The Labute approximate surface area is 188 Å². The first-order valence-electron chi connectivity index (χ1n) is 11.4. The fourth-order valence-electron chi connectivity index (χ4n) is 4.97. The number of rotatable bonds is 3. The highest BCUT2D eigenvalue weighted by atomic mass is 16.2. The summed E-state index contributed by atoms with van der Waals surface area (Å²) in [5.41, 5.74) is 5.35. The van der Waals surface area contributed by atoms with E-state index >= 15 is 0 Å². The van der Waals surface area contributed by atoms with Gasteiger partial charge in [-0.05, 0) is 31.9 Å². The van der Waals surface area contributed by atoms with Crippen molar-refractivity contribution in [1.29, 1.82) is 5.26 Å². The molecule has 168 valence electrons. The molecule has 32 heavy (non-hydrogen) atoms. The van der Waals surface area contributed by atoms with Gasteiger partial charge in [0.05, 0.1) is 11.9 Å². The number of aromatic nitrogens is 4. The van der Waals surface area contributed by atoms with Gasteiger partial charge < -0.3 is 14.8 Å². The van der Waals surface area contributed by atoms with Gasteiger partial charge in [0.15, 0.2) is 0 Å². The number of amides is 1. The highest BCUT2D eigenvalue weighted by Crippen LogP contribution is 2.32. The molecule has 2 fully saturated rings. The molecule has 1 amide bonds. The van der Waals surface area contributed by atoms with Crippen LogP contribution in [0.5, 0.6) is 0 Å². The number of nitrogens with one attached hydrogen (secondary N) is 1. The third kappa shape index (κ3) is 4.07. The molecule has 3 aromatic rings. The van der Waals surface area contributed by atoms with Gasteiger partial charge in [0, 0.05) is 74.2 Å². The Balaban J connectivity index is 0.00000119. The van der Waals surface area contributed by atoms with Crippen molar-refractivity contribution in [3.63, 3.8) is 0 Å². The monoisotopic (exact) mass is 433 g/mol. The first kappa shape index (κ1) is 21.9. The van der Waals surface area contributed by atoms with E-state index in [1.807, 2.05) is 24.1 Å². The summed E-state index contributed by atoms with van der Waals surface area (Å²) in [6.07, 6.45) is 9.61. The van der Waals surface area contributed by atoms with E-state index in [0.717, 1.165) is 67.0 Å². The van der Waals surface area contributed by atoms with E-state index in [1.165, 1.54) is 24.9 Å².